The maximum Gasteiger partial charge on any atom is 0.0311 e. The summed E-state index contributed by atoms with van der Waals surface area (Å²) in [5, 5.41) is 0. The van der Waals surface area contributed by atoms with Gasteiger partial charge in [-0.25, -0.2) is 0 Å². The molecule has 2 N–H and O–H groups in total. The molecule has 0 aliphatic carbocycles. The Morgan fingerprint density at radius 1 is 1.30 bits per heavy atom. The topological polar surface area (TPSA) is 38.4 Å². The average molecular weight is 138 g/mol. The van der Waals surface area contributed by atoms with Crippen molar-refractivity contribution in [3.8, 4) is 0 Å². The van der Waals surface area contributed by atoms with E-state index in [1.54, 1.807) is 12.4 Å². The lowest BCUT2D eigenvalue weighted by Crippen LogP contribution is -1.84. The van der Waals surface area contributed by atoms with Gasteiger partial charge in [-0.1, -0.05) is 5.57 Å². The molecule has 0 radical (unpaired) electrons. The van der Waals surface area contributed by atoms with Crippen LogP contribution in [0, 0.1) is 0 Å². The molecule has 0 aromatic rings. The van der Waals surface area contributed by atoms with Crippen LogP contribution in [0.4, 0.5) is 0 Å². The Labute approximate surface area is 62.1 Å². The molecule has 0 aromatic carbocycles. The molecule has 2 nitrogen and oxygen atoms in total. The van der Waals surface area contributed by atoms with Gasteiger partial charge >= 0.3 is 0 Å². The van der Waals surface area contributed by atoms with E-state index in [4.69, 9.17) is 5.73 Å². The van der Waals surface area contributed by atoms with Crippen LogP contribution in [0.5, 0.6) is 0 Å². The van der Waals surface area contributed by atoms with Crippen LogP contribution in [0.15, 0.2) is 28.5 Å². The van der Waals surface area contributed by atoms with Crippen molar-refractivity contribution in [3.05, 3.63) is 23.5 Å². The summed E-state index contributed by atoms with van der Waals surface area (Å²) in [5.41, 5.74) is 7.37. The molecule has 0 rings (SSSR count). The Hall–Kier alpha value is -1.05. The Bertz CT molecular complexity index is 172. The average Bonchev–Trinajstić information content (AvgIpc) is 1.87. The summed E-state index contributed by atoms with van der Waals surface area (Å²) in [7, 11) is 0. The van der Waals surface area contributed by atoms with E-state index in [9.17, 15) is 0 Å². The molecule has 0 amide bonds. The molecule has 56 valence electrons. The highest BCUT2D eigenvalue weighted by atomic mass is 14.7. The van der Waals surface area contributed by atoms with Crippen LogP contribution in [0.2, 0.25) is 0 Å². The van der Waals surface area contributed by atoms with E-state index in [2.05, 4.69) is 4.99 Å². The fraction of sp³-hybridized carbons (Fsp3) is 0.375. The second-order valence-electron chi connectivity index (χ2n) is 2.40. The molecule has 10 heavy (non-hydrogen) atoms. The monoisotopic (exact) mass is 138 g/mol. The minimum atomic E-state index is 0.970. The van der Waals surface area contributed by atoms with Crippen molar-refractivity contribution in [2.45, 2.75) is 20.8 Å². The van der Waals surface area contributed by atoms with Crippen LogP contribution in [-0.2, 0) is 0 Å². The van der Waals surface area contributed by atoms with Crippen LogP contribution in [0.1, 0.15) is 20.8 Å². The van der Waals surface area contributed by atoms with Crippen LogP contribution in [0.25, 0.3) is 0 Å². The molecule has 0 aliphatic heterocycles. The summed E-state index contributed by atoms with van der Waals surface area (Å²) in [6.07, 6.45) is 5.06. The van der Waals surface area contributed by atoms with Gasteiger partial charge in [-0.2, -0.15) is 0 Å². The molecule has 0 heterocycles. The van der Waals surface area contributed by atoms with Crippen molar-refractivity contribution in [2.75, 3.05) is 0 Å². The Kier molecular flexibility index (Phi) is 4.29. The lowest BCUT2D eigenvalue weighted by Gasteiger charge is -1.85. The summed E-state index contributed by atoms with van der Waals surface area (Å²) in [4.78, 5) is 4.01. The molecule has 0 spiro atoms. The Morgan fingerprint density at radius 2 is 1.90 bits per heavy atom. The third kappa shape index (κ3) is 5.09. The number of rotatable bonds is 2. The molecule has 0 saturated carbocycles. The van der Waals surface area contributed by atoms with Gasteiger partial charge in [-0.15, -0.1) is 0 Å². The van der Waals surface area contributed by atoms with E-state index in [1.807, 2.05) is 20.8 Å². The molecule has 0 fully saturated rings. The molecular formula is C8H14N2. The van der Waals surface area contributed by atoms with Crippen LogP contribution >= 0.6 is 0 Å². The van der Waals surface area contributed by atoms with E-state index in [0.717, 1.165) is 5.57 Å². The highest BCUT2D eigenvalue weighted by Gasteiger charge is 1.75. The van der Waals surface area contributed by atoms with E-state index < -0.39 is 0 Å². The summed E-state index contributed by atoms with van der Waals surface area (Å²) in [5.74, 6) is 0. The van der Waals surface area contributed by atoms with Crippen molar-refractivity contribution >= 4 is 6.21 Å². The highest BCUT2D eigenvalue weighted by Crippen LogP contribution is 1.89. The summed E-state index contributed by atoms with van der Waals surface area (Å²) in [6, 6.07) is 0. The van der Waals surface area contributed by atoms with E-state index in [1.165, 1.54) is 11.8 Å². The quantitative estimate of drug-likeness (QED) is 0.581. The molecule has 0 aromatic heterocycles. The van der Waals surface area contributed by atoms with Gasteiger partial charge in [0.2, 0.25) is 0 Å². The molecule has 0 atom stereocenters. The van der Waals surface area contributed by atoms with Gasteiger partial charge in [0.1, 0.15) is 0 Å². The first kappa shape index (κ1) is 8.95. The van der Waals surface area contributed by atoms with Crippen LogP contribution < -0.4 is 5.73 Å². The van der Waals surface area contributed by atoms with Gasteiger partial charge in [0, 0.05) is 12.4 Å². The zero-order valence-corrected chi connectivity index (χ0v) is 6.76. The zero-order chi connectivity index (χ0) is 7.98. The van der Waals surface area contributed by atoms with Gasteiger partial charge < -0.3 is 5.73 Å². The van der Waals surface area contributed by atoms with Gasteiger partial charge in [0.05, 0.1) is 0 Å². The van der Waals surface area contributed by atoms with Crippen molar-refractivity contribution < 1.29 is 0 Å². The molecule has 2 heteroatoms. The largest absolute Gasteiger partial charge is 0.404 e. The molecule has 0 unspecified atom stereocenters. The highest BCUT2D eigenvalue weighted by molar-refractivity contribution is 5.77. The van der Waals surface area contributed by atoms with Gasteiger partial charge in [0.15, 0.2) is 0 Å². The summed E-state index contributed by atoms with van der Waals surface area (Å²) >= 11 is 0. The predicted octanol–water partition coefficient (Wildman–Crippen LogP) is 1.84. The smallest absolute Gasteiger partial charge is 0.0311 e. The number of nitrogens with two attached hydrogens (primary N) is 1. The number of nitrogens with zero attached hydrogens (tertiary/aromatic N) is 1. The number of allylic oxidation sites excluding steroid dienone is 2. The lowest BCUT2D eigenvalue weighted by atomic mass is 10.3. The molecule has 0 aliphatic rings. The third-order valence-corrected chi connectivity index (χ3v) is 0.874. The van der Waals surface area contributed by atoms with Gasteiger partial charge in [-0.3, -0.25) is 4.99 Å². The van der Waals surface area contributed by atoms with Crippen molar-refractivity contribution in [1.29, 1.82) is 0 Å². The predicted molar refractivity (Wildman–Crippen MR) is 45.9 cm³/mol. The SMILES string of the molecule is CC(C)=CN=CC(C)=CN. The minimum Gasteiger partial charge on any atom is -0.404 e. The summed E-state index contributed by atoms with van der Waals surface area (Å²) < 4.78 is 0. The van der Waals surface area contributed by atoms with Crippen molar-refractivity contribution in [3.63, 3.8) is 0 Å². The fourth-order valence-corrected chi connectivity index (χ4v) is 0.347. The van der Waals surface area contributed by atoms with Crippen molar-refractivity contribution in [2.24, 2.45) is 10.7 Å². The number of hydrogen-bond acceptors (Lipinski definition) is 2. The first-order chi connectivity index (χ1) is 4.66. The van der Waals surface area contributed by atoms with Gasteiger partial charge in [-0.05, 0) is 32.5 Å². The van der Waals surface area contributed by atoms with E-state index in [0.29, 0.717) is 0 Å². The van der Waals surface area contributed by atoms with Crippen LogP contribution in [0.3, 0.4) is 0 Å². The minimum absolute atomic E-state index is 0.970. The Morgan fingerprint density at radius 3 is 2.30 bits per heavy atom. The van der Waals surface area contributed by atoms with E-state index in [-0.39, 0.29) is 0 Å². The Balaban J connectivity index is 3.90. The maximum atomic E-state index is 5.21. The lowest BCUT2D eigenvalue weighted by molar-refractivity contribution is 1.33. The first-order valence-corrected chi connectivity index (χ1v) is 3.22. The van der Waals surface area contributed by atoms with Crippen LogP contribution in [-0.4, -0.2) is 6.21 Å². The maximum absolute atomic E-state index is 5.21. The second kappa shape index (κ2) is 4.79. The third-order valence-electron chi connectivity index (χ3n) is 0.874. The van der Waals surface area contributed by atoms with Gasteiger partial charge in [0.25, 0.3) is 0 Å². The van der Waals surface area contributed by atoms with E-state index >= 15 is 0 Å². The molecule has 0 bridgehead atoms. The summed E-state index contributed by atoms with van der Waals surface area (Å²) in [6.45, 7) is 5.90. The first-order valence-electron chi connectivity index (χ1n) is 3.22. The molecular weight excluding hydrogens is 124 g/mol. The van der Waals surface area contributed by atoms with Crippen molar-refractivity contribution in [1.82, 2.24) is 0 Å². The second-order valence-corrected chi connectivity index (χ2v) is 2.40. The molecule has 0 saturated heterocycles. The zero-order valence-electron chi connectivity index (χ0n) is 6.76. The normalized spacial score (nSPS) is 12.1. The standard InChI is InChI=1S/C8H14N2/c1-7(2)5-10-6-8(3)4-9/h4-6H,9H2,1-3H3. The number of aliphatic imine (C=N–C) groups is 1. The fourth-order valence-electron chi connectivity index (χ4n) is 0.347. The number of hydrogen-bond donors (Lipinski definition) is 1.